The minimum atomic E-state index is 0.0856. The van der Waals surface area contributed by atoms with Crippen molar-refractivity contribution in [3.05, 3.63) is 69.1 Å². The molecule has 4 nitrogen and oxygen atoms in total. The fraction of sp³-hybridized carbons (Fsp3) is 0.0667. The number of anilines is 1. The van der Waals surface area contributed by atoms with Crippen LogP contribution in [0.25, 0.3) is 5.70 Å². The van der Waals surface area contributed by atoms with Crippen LogP contribution in [0.3, 0.4) is 0 Å². The van der Waals surface area contributed by atoms with Gasteiger partial charge in [0.2, 0.25) is 5.95 Å². The van der Waals surface area contributed by atoms with Gasteiger partial charge in [-0.25, -0.2) is 4.68 Å². The van der Waals surface area contributed by atoms with Crippen LogP contribution in [0.15, 0.2) is 58.7 Å². The number of benzene rings is 1. The van der Waals surface area contributed by atoms with Crippen LogP contribution in [-0.2, 0) is 0 Å². The van der Waals surface area contributed by atoms with Gasteiger partial charge in [-0.1, -0.05) is 34.1 Å². The zero-order chi connectivity index (χ0) is 14.2. The molecule has 1 aliphatic rings. The van der Waals surface area contributed by atoms with Crippen LogP contribution in [0.4, 0.5) is 5.95 Å². The van der Waals surface area contributed by atoms with E-state index in [9.17, 15) is 0 Å². The molecule has 0 amide bonds. The second-order valence-electron chi connectivity index (χ2n) is 4.70. The molecule has 0 radical (unpaired) electrons. The van der Waals surface area contributed by atoms with Crippen molar-refractivity contribution < 1.29 is 0 Å². The van der Waals surface area contributed by atoms with Gasteiger partial charge in [0, 0.05) is 15.0 Å². The van der Waals surface area contributed by atoms with Gasteiger partial charge in [-0.05, 0) is 35.2 Å². The molecule has 6 heteroatoms. The molecule has 104 valence electrons. The summed E-state index contributed by atoms with van der Waals surface area (Å²) in [6.07, 6.45) is 3.78. The van der Waals surface area contributed by atoms with E-state index in [1.807, 2.05) is 16.8 Å². The predicted molar refractivity (Wildman–Crippen MR) is 88.2 cm³/mol. The minimum absolute atomic E-state index is 0.0856. The molecule has 1 aliphatic heterocycles. The number of allylic oxidation sites excluding steroid dienone is 1. The number of thiophene rings is 1. The lowest BCUT2D eigenvalue weighted by Crippen LogP contribution is -2.19. The molecule has 1 N–H and O–H groups in total. The van der Waals surface area contributed by atoms with Gasteiger partial charge >= 0.3 is 0 Å². The van der Waals surface area contributed by atoms with Gasteiger partial charge in [-0.2, -0.15) is 10.1 Å². The first kappa shape index (κ1) is 12.8. The third-order valence-corrected chi connectivity index (χ3v) is 4.87. The number of hydrogen-bond acceptors (Lipinski definition) is 4. The van der Waals surface area contributed by atoms with Gasteiger partial charge in [0.05, 0.1) is 0 Å². The number of halogens is 1. The Morgan fingerprint density at radius 2 is 2.05 bits per heavy atom. The largest absolute Gasteiger partial charge is 0.324 e. The Morgan fingerprint density at radius 3 is 2.81 bits per heavy atom. The Kier molecular flexibility index (Phi) is 3.12. The predicted octanol–water partition coefficient (Wildman–Crippen LogP) is 4.16. The van der Waals surface area contributed by atoms with Crippen LogP contribution in [0.1, 0.15) is 16.5 Å². The highest BCUT2D eigenvalue weighted by atomic mass is 79.9. The van der Waals surface area contributed by atoms with Gasteiger partial charge in [-0.15, -0.1) is 11.3 Å². The summed E-state index contributed by atoms with van der Waals surface area (Å²) in [5.41, 5.74) is 2.19. The van der Waals surface area contributed by atoms with E-state index in [0.29, 0.717) is 0 Å². The fourth-order valence-corrected chi connectivity index (χ4v) is 3.44. The highest BCUT2D eigenvalue weighted by Crippen LogP contribution is 2.33. The van der Waals surface area contributed by atoms with Crippen LogP contribution in [0.2, 0.25) is 0 Å². The molecule has 0 aliphatic carbocycles. The molecule has 4 rings (SSSR count). The number of aromatic nitrogens is 3. The Hall–Kier alpha value is -1.92. The minimum Gasteiger partial charge on any atom is -0.324 e. The molecule has 0 saturated heterocycles. The van der Waals surface area contributed by atoms with Gasteiger partial charge in [-0.3, -0.25) is 0 Å². The Labute approximate surface area is 134 Å². The molecule has 0 bridgehead atoms. The van der Waals surface area contributed by atoms with E-state index < -0.39 is 0 Å². The maximum Gasteiger partial charge on any atom is 0.226 e. The maximum absolute atomic E-state index is 4.33. The van der Waals surface area contributed by atoms with Crippen molar-refractivity contribution in [1.29, 1.82) is 0 Å². The van der Waals surface area contributed by atoms with E-state index in [2.05, 4.69) is 67.1 Å². The van der Waals surface area contributed by atoms with Gasteiger partial charge < -0.3 is 5.32 Å². The van der Waals surface area contributed by atoms with Crippen LogP contribution in [0, 0.1) is 0 Å². The normalized spacial score (nSPS) is 17.0. The molecule has 1 atom stereocenters. The van der Waals surface area contributed by atoms with Crippen LogP contribution in [-0.4, -0.2) is 14.8 Å². The monoisotopic (exact) mass is 358 g/mol. The summed E-state index contributed by atoms with van der Waals surface area (Å²) in [5.74, 6) is 0.772. The first-order valence-electron chi connectivity index (χ1n) is 6.49. The average molecular weight is 359 g/mol. The quantitative estimate of drug-likeness (QED) is 0.747. The standard InChI is InChI=1S/C15H11BrN4S/c16-11-5-3-10(4-6-11)12-8-13(14-2-1-7-21-14)20-15(19-12)17-9-18-20/h1-9,13H,(H,17,18,19)/t13-/m0/s1. The van der Waals surface area contributed by atoms with Crippen LogP contribution >= 0.6 is 27.3 Å². The number of hydrogen-bond donors (Lipinski definition) is 1. The van der Waals surface area contributed by atoms with Crippen molar-refractivity contribution in [2.45, 2.75) is 6.04 Å². The molecule has 1 aromatic carbocycles. The fourth-order valence-electron chi connectivity index (χ4n) is 2.39. The molecular weight excluding hydrogens is 348 g/mol. The Balaban J connectivity index is 1.80. The molecule has 3 heterocycles. The lowest BCUT2D eigenvalue weighted by atomic mass is 10.1. The van der Waals surface area contributed by atoms with E-state index in [4.69, 9.17) is 0 Å². The van der Waals surface area contributed by atoms with Crippen molar-refractivity contribution in [3.8, 4) is 0 Å². The maximum atomic E-state index is 4.33. The third kappa shape index (κ3) is 2.30. The zero-order valence-corrected chi connectivity index (χ0v) is 13.3. The second-order valence-corrected chi connectivity index (χ2v) is 6.60. The van der Waals surface area contributed by atoms with Gasteiger partial charge in [0.25, 0.3) is 0 Å². The smallest absolute Gasteiger partial charge is 0.226 e. The van der Waals surface area contributed by atoms with Crippen LogP contribution < -0.4 is 5.32 Å². The topological polar surface area (TPSA) is 42.7 Å². The number of rotatable bonds is 2. The van der Waals surface area contributed by atoms with E-state index in [0.717, 1.165) is 21.7 Å². The summed E-state index contributed by atoms with van der Waals surface area (Å²) < 4.78 is 2.98. The summed E-state index contributed by atoms with van der Waals surface area (Å²) in [5, 5.41) is 9.76. The highest BCUT2D eigenvalue weighted by molar-refractivity contribution is 9.10. The van der Waals surface area contributed by atoms with Crippen LogP contribution in [0.5, 0.6) is 0 Å². The highest BCUT2D eigenvalue weighted by Gasteiger charge is 2.23. The molecule has 0 spiro atoms. The Morgan fingerprint density at radius 1 is 1.19 bits per heavy atom. The summed E-state index contributed by atoms with van der Waals surface area (Å²) in [6, 6.07) is 12.5. The van der Waals surface area contributed by atoms with Crippen molar-refractivity contribution in [2.75, 3.05) is 5.32 Å². The van der Waals surface area contributed by atoms with Crippen molar-refractivity contribution >= 4 is 38.9 Å². The van der Waals surface area contributed by atoms with Crippen molar-refractivity contribution in [2.24, 2.45) is 0 Å². The summed E-state index contributed by atoms with van der Waals surface area (Å²) >= 11 is 5.20. The molecular formula is C15H11BrN4S. The second kappa shape index (κ2) is 5.13. The van der Waals surface area contributed by atoms with E-state index in [-0.39, 0.29) is 6.04 Å². The third-order valence-electron chi connectivity index (χ3n) is 3.40. The van der Waals surface area contributed by atoms with Crippen molar-refractivity contribution in [3.63, 3.8) is 0 Å². The molecule has 2 aromatic heterocycles. The lowest BCUT2D eigenvalue weighted by Gasteiger charge is -2.23. The number of nitrogens with zero attached hydrogens (tertiary/aromatic N) is 3. The molecule has 0 saturated carbocycles. The Bertz CT molecular complexity index is 789. The summed E-state index contributed by atoms with van der Waals surface area (Å²) in [6.45, 7) is 0. The zero-order valence-electron chi connectivity index (χ0n) is 10.9. The number of fused-ring (bicyclic) bond motifs is 1. The first-order valence-corrected chi connectivity index (χ1v) is 8.16. The first-order chi connectivity index (χ1) is 10.3. The van der Waals surface area contributed by atoms with E-state index in [1.165, 1.54) is 4.88 Å². The van der Waals surface area contributed by atoms with Crippen molar-refractivity contribution in [1.82, 2.24) is 14.8 Å². The summed E-state index contributed by atoms with van der Waals surface area (Å²) in [7, 11) is 0. The van der Waals surface area contributed by atoms with Gasteiger partial charge in [0.15, 0.2) is 0 Å². The SMILES string of the molecule is Brc1ccc(C2=C[C@@H](c3cccs3)n3ncnc3N2)cc1. The van der Waals surface area contributed by atoms with E-state index >= 15 is 0 Å². The number of nitrogens with one attached hydrogen (secondary N) is 1. The lowest BCUT2D eigenvalue weighted by molar-refractivity contribution is 0.620. The molecule has 0 unspecified atom stereocenters. The molecule has 21 heavy (non-hydrogen) atoms. The average Bonchev–Trinajstić information content (AvgIpc) is 3.18. The van der Waals surface area contributed by atoms with Gasteiger partial charge in [0.1, 0.15) is 12.4 Å². The molecule has 0 fully saturated rings. The van der Waals surface area contributed by atoms with E-state index in [1.54, 1.807) is 17.7 Å². The summed E-state index contributed by atoms with van der Waals surface area (Å²) in [4.78, 5) is 5.55. The molecule has 3 aromatic rings.